The van der Waals surface area contributed by atoms with Gasteiger partial charge in [-0.15, -0.1) is 0 Å². The van der Waals surface area contributed by atoms with Gasteiger partial charge in [-0.05, 0) is 43.2 Å². The normalized spacial score (nSPS) is 17.7. The Balaban J connectivity index is 1.27. The van der Waals surface area contributed by atoms with Crippen LogP contribution in [0.4, 0.5) is 11.5 Å². The zero-order valence-corrected chi connectivity index (χ0v) is 16.1. The maximum atomic E-state index is 12.5. The van der Waals surface area contributed by atoms with Crippen LogP contribution in [0.2, 0.25) is 0 Å². The van der Waals surface area contributed by atoms with Crippen molar-refractivity contribution in [2.45, 2.75) is 38.6 Å². The second-order valence-electron chi connectivity index (χ2n) is 8.06. The summed E-state index contributed by atoms with van der Waals surface area (Å²) in [5, 5.41) is 7.24. The van der Waals surface area contributed by atoms with Crippen molar-refractivity contribution in [1.29, 1.82) is 0 Å². The number of piperidine rings is 1. The third kappa shape index (κ3) is 3.44. The van der Waals surface area contributed by atoms with Gasteiger partial charge in [0.2, 0.25) is 5.91 Å². The standard InChI is InChI=1S/C21H22N6O2/c28-19(23-16-4-10-25-13-9-22-18(25)14-16)15-27-20(29)3-2-17(24-27)26-11-7-21(8-12-26)5-1-6-21/h2-4,10,14H,1,5-8,11-12,15H2,(H,23,28). The van der Waals surface area contributed by atoms with E-state index in [2.05, 4.69) is 32.7 Å². The molecule has 8 heteroatoms. The summed E-state index contributed by atoms with van der Waals surface area (Å²) in [4.78, 5) is 30.9. The third-order valence-corrected chi connectivity index (χ3v) is 6.27. The minimum Gasteiger partial charge on any atom is -0.355 e. The summed E-state index contributed by atoms with van der Waals surface area (Å²) in [7, 11) is 0. The van der Waals surface area contributed by atoms with Gasteiger partial charge in [-0.25, -0.2) is 4.68 Å². The minimum atomic E-state index is -0.312. The molecule has 29 heavy (non-hydrogen) atoms. The Labute approximate surface area is 168 Å². The second kappa shape index (κ2) is 6.92. The van der Waals surface area contributed by atoms with Crippen LogP contribution in [0, 0.1) is 17.8 Å². The van der Waals surface area contributed by atoms with Crippen molar-refractivity contribution < 1.29 is 4.79 Å². The summed E-state index contributed by atoms with van der Waals surface area (Å²) in [6.07, 6.45) is 13.6. The summed E-state index contributed by atoms with van der Waals surface area (Å²) in [6, 6.07) is 6.72. The van der Waals surface area contributed by atoms with Gasteiger partial charge in [0.1, 0.15) is 12.4 Å². The predicted molar refractivity (Wildman–Crippen MR) is 108 cm³/mol. The van der Waals surface area contributed by atoms with Gasteiger partial charge in [0.05, 0.1) is 6.20 Å². The lowest BCUT2D eigenvalue weighted by Gasteiger charge is -2.48. The van der Waals surface area contributed by atoms with Crippen LogP contribution in [0.25, 0.3) is 5.65 Å². The maximum Gasteiger partial charge on any atom is 0.267 e. The number of amides is 1. The second-order valence-corrected chi connectivity index (χ2v) is 8.06. The van der Waals surface area contributed by atoms with Crippen molar-refractivity contribution in [2.75, 3.05) is 23.3 Å². The van der Waals surface area contributed by atoms with Gasteiger partial charge in [-0.3, -0.25) is 14.0 Å². The highest BCUT2D eigenvalue weighted by Gasteiger charge is 2.39. The van der Waals surface area contributed by atoms with Crippen molar-refractivity contribution >= 4 is 23.1 Å². The number of aromatic nitrogens is 4. The summed E-state index contributed by atoms with van der Waals surface area (Å²) in [5.74, 6) is 0.448. The molecule has 5 rings (SSSR count). The third-order valence-electron chi connectivity index (χ3n) is 6.27. The molecule has 148 valence electrons. The molecule has 0 aromatic carbocycles. The van der Waals surface area contributed by atoms with Crippen LogP contribution in [0.15, 0.2) is 35.3 Å². The fraction of sp³-hybridized carbons (Fsp3) is 0.429. The molecule has 1 N–H and O–H groups in total. The molecule has 1 aliphatic heterocycles. The van der Waals surface area contributed by atoms with E-state index in [4.69, 9.17) is 0 Å². The van der Waals surface area contributed by atoms with Crippen molar-refractivity contribution in [2.24, 2.45) is 5.41 Å². The van der Waals surface area contributed by atoms with Crippen LogP contribution in [-0.4, -0.2) is 38.2 Å². The van der Waals surface area contributed by atoms with Crippen molar-refractivity contribution in [1.82, 2.24) is 19.2 Å². The smallest absolute Gasteiger partial charge is 0.267 e. The number of carbonyl (C=O) groups excluding carboxylic acids is 1. The first-order chi connectivity index (χ1) is 14.1. The Bertz CT molecular complexity index is 1100. The fourth-order valence-corrected chi connectivity index (χ4v) is 4.33. The molecule has 1 spiro atoms. The number of fused-ring (bicyclic) bond motifs is 1. The van der Waals surface area contributed by atoms with Gasteiger partial charge in [0.25, 0.3) is 5.56 Å². The first-order valence-electron chi connectivity index (χ1n) is 10.0. The molecule has 2 fully saturated rings. The molecule has 1 amide bonds. The van der Waals surface area contributed by atoms with E-state index in [1.54, 1.807) is 28.8 Å². The van der Waals surface area contributed by atoms with Gasteiger partial charge in [0, 0.05) is 43.3 Å². The molecule has 3 aromatic rings. The number of rotatable bonds is 4. The van der Waals surface area contributed by atoms with Crippen molar-refractivity contribution in [3.63, 3.8) is 0 Å². The molecule has 2 aliphatic rings. The maximum absolute atomic E-state index is 12.5. The summed E-state index contributed by atoms with van der Waals surface area (Å²) in [5.41, 5.74) is 1.50. The fourth-order valence-electron chi connectivity index (χ4n) is 4.33. The van der Waals surface area contributed by atoms with Crippen LogP contribution < -0.4 is 15.8 Å². The molecular weight excluding hydrogens is 368 g/mol. The van der Waals surface area contributed by atoms with E-state index in [1.165, 1.54) is 42.9 Å². The first kappa shape index (κ1) is 17.7. The van der Waals surface area contributed by atoms with E-state index in [-0.39, 0.29) is 18.0 Å². The first-order valence-corrected chi connectivity index (χ1v) is 10.0. The monoisotopic (exact) mass is 390 g/mol. The number of nitrogens with one attached hydrogen (secondary N) is 1. The Morgan fingerprint density at radius 1 is 1.17 bits per heavy atom. The lowest BCUT2D eigenvalue weighted by atomic mass is 9.63. The molecule has 4 heterocycles. The Morgan fingerprint density at radius 3 is 2.76 bits per heavy atom. The molecule has 0 atom stereocenters. The Morgan fingerprint density at radius 2 is 2.00 bits per heavy atom. The SMILES string of the molecule is O=C(Cn1nc(N2CCC3(CCC3)CC2)ccc1=O)Nc1ccn2c#cnc2c1. The topological polar surface area (TPSA) is 84.5 Å². The zero-order valence-electron chi connectivity index (χ0n) is 16.1. The van der Waals surface area contributed by atoms with Crippen LogP contribution >= 0.6 is 0 Å². The lowest BCUT2D eigenvalue weighted by Crippen LogP contribution is -2.44. The summed E-state index contributed by atoms with van der Waals surface area (Å²) < 4.78 is 2.91. The zero-order chi connectivity index (χ0) is 19.8. The summed E-state index contributed by atoms with van der Waals surface area (Å²) in [6.45, 7) is 1.77. The Hall–Kier alpha value is -3.34. The molecule has 0 bridgehead atoms. The number of hydrogen-bond acceptors (Lipinski definition) is 5. The quantitative estimate of drug-likeness (QED) is 0.736. The highest BCUT2D eigenvalue weighted by Crippen LogP contribution is 2.49. The Kier molecular flexibility index (Phi) is 4.23. The highest BCUT2D eigenvalue weighted by molar-refractivity contribution is 5.90. The molecular formula is C21H22N6O2. The average Bonchev–Trinajstić information content (AvgIpc) is 3.16. The van der Waals surface area contributed by atoms with Crippen LogP contribution in [0.5, 0.6) is 0 Å². The van der Waals surface area contributed by atoms with E-state index in [9.17, 15) is 9.59 Å². The number of pyridine rings is 1. The van der Waals surface area contributed by atoms with E-state index >= 15 is 0 Å². The molecule has 3 aromatic heterocycles. The van der Waals surface area contributed by atoms with Crippen LogP contribution in [0.3, 0.4) is 0 Å². The van der Waals surface area contributed by atoms with Gasteiger partial charge < -0.3 is 10.2 Å². The average molecular weight is 390 g/mol. The van der Waals surface area contributed by atoms with Gasteiger partial charge >= 0.3 is 0 Å². The molecule has 0 unspecified atom stereocenters. The van der Waals surface area contributed by atoms with E-state index in [1.807, 2.05) is 0 Å². The van der Waals surface area contributed by atoms with Crippen LogP contribution in [0.1, 0.15) is 32.1 Å². The van der Waals surface area contributed by atoms with Gasteiger partial charge in [-0.2, -0.15) is 10.1 Å². The number of nitrogens with zero attached hydrogens (tertiary/aromatic N) is 5. The van der Waals surface area contributed by atoms with Gasteiger partial charge in [-0.1, -0.05) is 6.42 Å². The number of anilines is 2. The molecule has 1 aliphatic carbocycles. The van der Waals surface area contributed by atoms with E-state index in [0.29, 0.717) is 16.7 Å². The summed E-state index contributed by atoms with van der Waals surface area (Å²) >= 11 is 0. The predicted octanol–water partition coefficient (Wildman–Crippen LogP) is 1.90. The largest absolute Gasteiger partial charge is 0.355 e. The molecule has 1 saturated heterocycles. The van der Waals surface area contributed by atoms with Crippen molar-refractivity contribution in [3.05, 3.63) is 53.2 Å². The number of carbonyl (C=O) groups is 1. The molecule has 1 saturated carbocycles. The van der Waals surface area contributed by atoms with Crippen molar-refractivity contribution in [3.8, 4) is 0 Å². The van der Waals surface area contributed by atoms with E-state index in [0.717, 1.165) is 18.9 Å². The number of hydrogen-bond donors (Lipinski definition) is 1. The molecule has 0 radical (unpaired) electrons. The highest BCUT2D eigenvalue weighted by atomic mass is 16.2. The van der Waals surface area contributed by atoms with Gasteiger partial charge in [0.15, 0.2) is 5.65 Å². The lowest BCUT2D eigenvalue weighted by molar-refractivity contribution is -0.117. The van der Waals surface area contributed by atoms with Crippen LogP contribution in [-0.2, 0) is 11.3 Å². The van der Waals surface area contributed by atoms with E-state index < -0.39 is 0 Å². The minimum absolute atomic E-state index is 0.137. The molecule has 8 nitrogen and oxygen atoms in total.